The van der Waals surface area contributed by atoms with Crippen molar-refractivity contribution in [2.75, 3.05) is 107 Å². The summed E-state index contributed by atoms with van der Waals surface area (Å²) in [7, 11) is 1.38. The number of thioether (sulfide) groups is 3. The molecule has 2 aromatic carbocycles. The zero-order valence-corrected chi connectivity index (χ0v) is 77.8. The molecule has 4 aliphatic heterocycles. The van der Waals surface area contributed by atoms with Gasteiger partial charge in [0, 0.05) is 185 Å². The maximum atomic E-state index is 15.4. The Hall–Kier alpha value is -11.8. The number of Topliss-reactive ketones (excluding diaryl/α,β-unsaturated/α-hetero) is 2. The van der Waals surface area contributed by atoms with Crippen molar-refractivity contribution in [3.05, 3.63) is 72.1 Å². The van der Waals surface area contributed by atoms with Gasteiger partial charge in [-0.15, -0.1) is 0 Å². The molecule has 0 radical (unpaired) electrons. The molecule has 4 fully saturated rings. The van der Waals surface area contributed by atoms with Gasteiger partial charge in [0.15, 0.2) is 11.6 Å². The van der Waals surface area contributed by atoms with Crippen LogP contribution >= 0.6 is 35.3 Å². The molecule has 16 amide bonds. The summed E-state index contributed by atoms with van der Waals surface area (Å²) in [5.74, 6) is -20.5. The molecular weight excluding hydrogens is 1780 g/mol. The number of hydrogen-bond donors (Lipinski definition) is 16. The Kier molecular flexibility index (Phi) is 43.1. The number of aromatic nitrogens is 2. The Balaban J connectivity index is 0.00000782. The van der Waals surface area contributed by atoms with Crippen LogP contribution in [0.15, 0.2) is 60.9 Å². The molecule has 0 unspecified atom stereocenters. The van der Waals surface area contributed by atoms with Crippen molar-refractivity contribution in [2.45, 2.75) is 192 Å². The second kappa shape index (κ2) is 53.0. The van der Waals surface area contributed by atoms with Gasteiger partial charge in [-0.05, 0) is 68.2 Å². The first-order valence-electron chi connectivity index (χ1n) is 43.9. The van der Waals surface area contributed by atoms with Crippen LogP contribution in [0, 0.1) is 23.7 Å². The van der Waals surface area contributed by atoms with Gasteiger partial charge in [-0.1, -0.05) is 71.0 Å². The van der Waals surface area contributed by atoms with E-state index >= 15 is 9.59 Å². The van der Waals surface area contributed by atoms with E-state index in [1.807, 2.05) is 0 Å². The number of aliphatic carboxylic acids is 1. The first-order valence-corrected chi connectivity index (χ1v) is 47.4. The maximum absolute atomic E-state index is 15.4. The number of nitrogens with zero attached hydrogens (tertiary/aromatic N) is 5. The number of nitrogens with one attached hydrogen (secondary N) is 12. The summed E-state index contributed by atoms with van der Waals surface area (Å²) in [5, 5.41) is 48.9. The number of carboxylic acids is 1. The van der Waals surface area contributed by atoms with Crippen molar-refractivity contribution in [1.82, 2.24) is 87.6 Å². The molecule has 0 spiro atoms. The molecule has 8 rings (SSSR count). The Morgan fingerprint density at radius 3 is 1.57 bits per heavy atom. The summed E-state index contributed by atoms with van der Waals surface area (Å²) >= 11 is 3.23. The van der Waals surface area contributed by atoms with Gasteiger partial charge in [-0.2, -0.15) is 44.9 Å². The molecule has 13 atom stereocenters. The highest BCUT2D eigenvalue weighted by atomic mass is 32.2. The van der Waals surface area contributed by atoms with Crippen LogP contribution < -0.4 is 64.6 Å². The Labute approximate surface area is 775 Å². The number of carbonyl (C=O) groups excluding carboxylic acids is 20. The maximum Gasteiger partial charge on any atom is 0.373 e. The van der Waals surface area contributed by atoms with Gasteiger partial charge in [-0.3, -0.25) is 91.1 Å². The van der Waals surface area contributed by atoms with Crippen LogP contribution in [0.25, 0.3) is 21.8 Å². The summed E-state index contributed by atoms with van der Waals surface area (Å²) in [6, 6.07) is -1.01. The van der Waals surface area contributed by atoms with Gasteiger partial charge < -0.3 is 109 Å². The van der Waals surface area contributed by atoms with Crippen molar-refractivity contribution in [3.63, 3.8) is 0 Å². The Bertz CT molecular complexity index is 4830. The van der Waals surface area contributed by atoms with E-state index < -0.39 is 235 Å². The van der Waals surface area contributed by atoms with Crippen LogP contribution in [0.5, 0.6) is 0 Å². The third-order valence-electron chi connectivity index (χ3n) is 23.1. The number of carboxylic acid groups (broad SMARTS) is 1. The van der Waals surface area contributed by atoms with E-state index in [-0.39, 0.29) is 144 Å². The largest absolute Gasteiger partial charge is 0.481 e. The fraction of sp³-hybridized carbons (Fsp3) is 0.586. The molecule has 0 saturated carbocycles. The summed E-state index contributed by atoms with van der Waals surface area (Å²) in [6.07, 6.45) is -1.15. The molecule has 4 aliphatic rings. The quantitative estimate of drug-likeness (QED) is 0.0453. The predicted octanol–water partition coefficient (Wildman–Crippen LogP) is -2.74. The number of amides is 16. The zero-order chi connectivity index (χ0) is 97.2. The lowest BCUT2D eigenvalue weighted by Gasteiger charge is -2.32. The smallest absolute Gasteiger partial charge is 0.373 e. The van der Waals surface area contributed by atoms with Crippen molar-refractivity contribution in [2.24, 2.45) is 35.1 Å². The summed E-state index contributed by atoms with van der Waals surface area (Å²) in [5.41, 5.74) is 13.8. The molecule has 132 heavy (non-hydrogen) atoms. The minimum absolute atomic E-state index is 0.0215. The molecule has 0 aliphatic carbocycles. The lowest BCUT2D eigenvalue weighted by atomic mass is 9.92. The third kappa shape index (κ3) is 32.3. The van der Waals surface area contributed by atoms with E-state index in [4.69, 9.17) is 21.1 Å². The fourth-order valence-electron chi connectivity index (χ4n) is 15.4. The van der Waals surface area contributed by atoms with Gasteiger partial charge in [0.2, 0.25) is 94.5 Å². The number of benzene rings is 2. The van der Waals surface area contributed by atoms with Crippen LogP contribution in [0.4, 0.5) is 0 Å². The standard InChI is InChI=1S/C86H123N19O21S3.CO2/c1-9-51-37-66(108)76(50(7)106)100-79(119)54(38-65(107)49(6)92-68(110)43-101(8)69(111)20-24-87)44-127-32-21-70(112)102-26-28-103-30-31-104(29-27-102)72(114)23-34-129-46-63(97-78(51)118)83(123)94-60(36-53-41-90-58-18-13-11-16-56(53)58)82(122)98-74(47(2)3)85(125)95-61(39-73(115)116)80(120)91-42-67(109)93-59(35-52-40-89-57-17-12-10-15-55(52)57)81(121)99-75(48(4)5)86(126)105-25-14-19-64(105)84(124)96-62(77(88)117)45-128-33-22-71(103)113;2-1-3/h10-13,15-18,40-41,47-51,54,59-64,74-76,89-90,106H,9,14,19-39,42-46,87H2,1-8H3,(H2,88,117)(H,91,120)(H,92,110)(H,93,109)(H,94,123)(H,95,125)(H,96,124)(H,97,118)(H,98,122)(H,99,121)(H,100,119)(H,115,116);/t49-,50+,51+,54-,59-,60-,61-,62-,63-,64-,74-,75-,76-;/m0./s1. The van der Waals surface area contributed by atoms with Gasteiger partial charge >= 0.3 is 12.1 Å². The van der Waals surface area contributed by atoms with E-state index in [2.05, 4.69) is 63.1 Å². The molecule has 4 aromatic rings. The van der Waals surface area contributed by atoms with Crippen LogP contribution in [-0.2, 0) is 114 Å². The fourth-order valence-corrected chi connectivity index (χ4v) is 18.4. The number of ketones is 2. The number of nitrogens with two attached hydrogens (primary N) is 2. The second-order valence-corrected chi connectivity index (χ2v) is 37.0. The van der Waals surface area contributed by atoms with Crippen LogP contribution in [0.3, 0.4) is 0 Å². The first kappa shape index (κ1) is 107. The number of hydrogen-bond acceptors (Lipinski definition) is 26. The minimum atomic E-state index is -1.94. The number of rotatable bonds is 19. The van der Waals surface area contributed by atoms with Gasteiger partial charge in [0.1, 0.15) is 54.4 Å². The minimum Gasteiger partial charge on any atom is -0.481 e. The topological polar surface area (TPSA) is 619 Å². The van der Waals surface area contributed by atoms with Gasteiger partial charge in [0.05, 0.1) is 37.6 Å². The van der Waals surface area contributed by atoms with E-state index in [1.54, 1.807) is 81.7 Å². The summed E-state index contributed by atoms with van der Waals surface area (Å²) in [6.45, 7) is 9.04. The number of H-pyrrole nitrogens is 2. The number of fused-ring (bicyclic) bond motifs is 12. The highest BCUT2D eigenvalue weighted by molar-refractivity contribution is 7.99. The summed E-state index contributed by atoms with van der Waals surface area (Å²) in [4.78, 5) is 301. The molecule has 722 valence electrons. The number of primary amides is 1. The Morgan fingerprint density at radius 1 is 0.568 bits per heavy atom. The predicted molar refractivity (Wildman–Crippen MR) is 486 cm³/mol. The van der Waals surface area contributed by atoms with Crippen molar-refractivity contribution < 1.29 is 111 Å². The van der Waals surface area contributed by atoms with Crippen LogP contribution in [-0.4, -0.2) is 336 Å². The van der Waals surface area contributed by atoms with E-state index in [9.17, 15) is 91.7 Å². The molecular formula is C87H123N19O23S3. The highest BCUT2D eigenvalue weighted by Crippen LogP contribution is 2.27. The zero-order valence-electron chi connectivity index (χ0n) is 75.3. The number of aliphatic hydroxyl groups is 1. The summed E-state index contributed by atoms with van der Waals surface area (Å²) < 4.78 is 0. The molecule has 45 heteroatoms. The lowest BCUT2D eigenvalue weighted by Crippen LogP contribution is -2.61. The monoisotopic (exact) mass is 1900 g/mol. The second-order valence-electron chi connectivity index (χ2n) is 33.5. The van der Waals surface area contributed by atoms with E-state index in [1.165, 1.54) is 54.3 Å². The average Bonchev–Trinajstić information content (AvgIpc) is 1.67. The normalized spacial score (nSPS) is 24.2. The van der Waals surface area contributed by atoms with Crippen LogP contribution in [0.1, 0.15) is 124 Å². The molecule has 42 nitrogen and oxygen atoms in total. The van der Waals surface area contributed by atoms with Crippen molar-refractivity contribution in [1.29, 1.82) is 0 Å². The molecule has 6 heterocycles. The SMILES string of the molecule is CC[C@@H]1CC(=O)[C@H]([C@@H](C)O)NC(=O)[C@@H](CC(=O)[C@H](C)NC(=O)CN(C)C(=O)CCN)CSCCC(=O)N2CCN3CCN(CC2)C(=O)CCSC[C@H](NC1=O)C(=O)N[C@@H](Cc1c[nH]c2ccccc12)C(=O)N[C@@H](C(C)C)C(=O)N[C@@H](CC(=O)O)C(=O)NCC(=O)N[C@@H](Cc1c[nH]c2ccccc12)C(=O)N[C@@H](C(C)C)C(=O)N1CCC[C@H]1C(=O)N[C@H](C(N)=O)CSCCC3=O.O=C=O. The molecule has 4 bridgehead atoms. The third-order valence-corrected chi connectivity index (χ3v) is 26.3. The number of para-hydroxylation sites is 2. The van der Waals surface area contributed by atoms with Crippen molar-refractivity contribution in [3.8, 4) is 0 Å². The molecule has 18 N–H and O–H groups in total. The first-order chi connectivity index (χ1) is 62.8. The lowest BCUT2D eigenvalue weighted by molar-refractivity contribution is -0.192. The van der Waals surface area contributed by atoms with Gasteiger partial charge in [0.25, 0.3) is 0 Å². The van der Waals surface area contributed by atoms with Crippen LogP contribution in [0.2, 0.25) is 0 Å². The number of likely N-dealkylation sites (N-methyl/N-ethyl adjacent to an activating group) is 1. The number of aliphatic hydroxyl groups excluding tert-OH is 1. The van der Waals surface area contributed by atoms with E-state index in [0.717, 1.165) is 40.2 Å². The number of aromatic amines is 2. The highest BCUT2D eigenvalue weighted by Gasteiger charge is 2.43. The molecule has 2 aromatic heterocycles. The van der Waals surface area contributed by atoms with E-state index in [0.29, 0.717) is 39.4 Å². The Morgan fingerprint density at radius 2 is 1.06 bits per heavy atom. The van der Waals surface area contributed by atoms with Gasteiger partial charge in [-0.25, -0.2) is 0 Å². The molecule has 4 saturated heterocycles. The average molecular weight is 1900 g/mol. The van der Waals surface area contributed by atoms with Crippen molar-refractivity contribution >= 4 is 175 Å². The number of carbonyl (C=O) groups is 19.